The van der Waals surface area contributed by atoms with Gasteiger partial charge in [0.25, 0.3) is 17.5 Å². The average Bonchev–Trinajstić information content (AvgIpc) is 3.28. The predicted molar refractivity (Wildman–Crippen MR) is 115 cm³/mol. The molecule has 0 radical (unpaired) electrons. The molecule has 0 unspecified atom stereocenters. The third kappa shape index (κ3) is 3.88. The normalized spacial score (nSPS) is 12.8. The lowest BCUT2D eigenvalue weighted by Gasteiger charge is -2.12. The number of aromatic nitrogens is 1. The molecule has 2 heterocycles. The lowest BCUT2D eigenvalue weighted by molar-refractivity contribution is -0.385. The fourth-order valence-corrected chi connectivity index (χ4v) is 4.18. The van der Waals surface area contributed by atoms with Gasteiger partial charge in [-0.15, -0.1) is 11.3 Å². The Bertz CT molecular complexity index is 1280. The number of nitrogens with one attached hydrogen (secondary N) is 1. The zero-order valence-electron chi connectivity index (χ0n) is 15.3. The second-order valence-electron chi connectivity index (χ2n) is 6.36. The zero-order chi connectivity index (χ0) is 22.3. The van der Waals surface area contributed by atoms with Gasteiger partial charge in [-0.25, -0.2) is 4.98 Å². The first-order valence-corrected chi connectivity index (χ1v) is 10.2. The van der Waals surface area contributed by atoms with Crippen molar-refractivity contribution in [2.45, 2.75) is 0 Å². The van der Waals surface area contributed by atoms with Gasteiger partial charge in [-0.3, -0.25) is 29.4 Å². The molecule has 2 aromatic carbocycles. The van der Waals surface area contributed by atoms with Gasteiger partial charge in [0.2, 0.25) is 5.91 Å². The Morgan fingerprint density at radius 1 is 1.16 bits per heavy atom. The van der Waals surface area contributed by atoms with E-state index in [2.05, 4.69) is 10.3 Å². The number of nitro benzene ring substituents is 1. The summed E-state index contributed by atoms with van der Waals surface area (Å²) in [4.78, 5) is 52.8. The van der Waals surface area contributed by atoms with E-state index in [1.807, 2.05) is 0 Å². The Labute approximate surface area is 188 Å². The number of benzene rings is 2. The number of thiazole rings is 1. The van der Waals surface area contributed by atoms with Gasteiger partial charge in [0.05, 0.1) is 21.2 Å². The largest absolute Gasteiger partial charge is 0.300 e. The second-order valence-corrected chi connectivity index (χ2v) is 8.07. The van der Waals surface area contributed by atoms with Crippen molar-refractivity contribution in [2.24, 2.45) is 0 Å². The minimum atomic E-state index is -0.895. The maximum atomic E-state index is 12.6. The molecule has 0 saturated carbocycles. The Kier molecular flexibility index (Phi) is 5.44. The quantitative estimate of drug-likeness (QED) is 0.333. The van der Waals surface area contributed by atoms with E-state index in [0.717, 1.165) is 17.4 Å². The molecule has 1 aliphatic heterocycles. The highest BCUT2D eigenvalue weighted by Crippen LogP contribution is 2.33. The Morgan fingerprint density at radius 2 is 1.94 bits per heavy atom. The molecule has 4 rings (SSSR count). The Hall–Kier alpha value is -3.34. The monoisotopic (exact) mass is 476 g/mol. The van der Waals surface area contributed by atoms with Gasteiger partial charge < -0.3 is 5.32 Å². The Balaban J connectivity index is 1.50. The summed E-state index contributed by atoms with van der Waals surface area (Å²) in [6.45, 7) is -0.615. The van der Waals surface area contributed by atoms with Crippen molar-refractivity contribution in [1.29, 1.82) is 0 Å². The molecular formula is C19H10Cl2N4O5S. The van der Waals surface area contributed by atoms with E-state index in [-0.39, 0.29) is 16.3 Å². The molecule has 0 spiro atoms. The molecule has 12 heteroatoms. The van der Waals surface area contributed by atoms with Crippen molar-refractivity contribution >= 4 is 63.1 Å². The van der Waals surface area contributed by atoms with Crippen LogP contribution in [0.15, 0.2) is 41.8 Å². The lowest BCUT2D eigenvalue weighted by Crippen LogP contribution is -2.37. The van der Waals surface area contributed by atoms with Crippen LogP contribution in [-0.2, 0) is 4.79 Å². The lowest BCUT2D eigenvalue weighted by atomic mass is 10.1. The van der Waals surface area contributed by atoms with Gasteiger partial charge in [-0.2, -0.15) is 0 Å². The van der Waals surface area contributed by atoms with Crippen LogP contribution >= 0.6 is 34.5 Å². The van der Waals surface area contributed by atoms with E-state index in [1.54, 1.807) is 23.6 Å². The highest BCUT2D eigenvalue weighted by Gasteiger charge is 2.41. The van der Waals surface area contributed by atoms with Crippen LogP contribution < -0.4 is 5.32 Å². The molecule has 0 atom stereocenters. The SMILES string of the molecule is O=C(CN1C(=O)c2cccc([N+](=O)[O-])c2C1=O)Nc1nc(-c2cc(Cl)ccc2Cl)cs1. The van der Waals surface area contributed by atoms with E-state index in [9.17, 15) is 24.5 Å². The summed E-state index contributed by atoms with van der Waals surface area (Å²) in [5.41, 5.74) is 0.154. The summed E-state index contributed by atoms with van der Waals surface area (Å²) in [6.07, 6.45) is 0. The number of nitro groups is 1. The summed E-state index contributed by atoms with van der Waals surface area (Å²) in [5, 5.41) is 16.5. The zero-order valence-corrected chi connectivity index (χ0v) is 17.6. The summed E-state index contributed by atoms with van der Waals surface area (Å²) < 4.78 is 0. The summed E-state index contributed by atoms with van der Waals surface area (Å²) >= 11 is 13.3. The van der Waals surface area contributed by atoms with Crippen molar-refractivity contribution in [3.8, 4) is 11.3 Å². The first-order valence-electron chi connectivity index (χ1n) is 8.60. The van der Waals surface area contributed by atoms with E-state index in [1.165, 1.54) is 12.1 Å². The molecule has 9 nitrogen and oxygen atoms in total. The number of anilines is 1. The molecule has 31 heavy (non-hydrogen) atoms. The number of nitrogens with zero attached hydrogens (tertiary/aromatic N) is 3. The molecular weight excluding hydrogens is 467 g/mol. The molecule has 156 valence electrons. The van der Waals surface area contributed by atoms with Crippen molar-refractivity contribution in [2.75, 3.05) is 11.9 Å². The fraction of sp³-hybridized carbons (Fsp3) is 0.0526. The van der Waals surface area contributed by atoms with Crippen molar-refractivity contribution in [3.63, 3.8) is 0 Å². The molecule has 0 fully saturated rings. The van der Waals surface area contributed by atoms with Crippen LogP contribution in [0.5, 0.6) is 0 Å². The number of amides is 3. The molecule has 1 N–H and O–H groups in total. The van der Waals surface area contributed by atoms with E-state index < -0.39 is 34.9 Å². The van der Waals surface area contributed by atoms with E-state index in [0.29, 0.717) is 26.2 Å². The number of carbonyl (C=O) groups is 3. The molecule has 0 saturated heterocycles. The van der Waals surface area contributed by atoms with Gasteiger partial charge in [0.1, 0.15) is 12.1 Å². The van der Waals surface area contributed by atoms with Gasteiger partial charge in [0, 0.05) is 22.0 Å². The van der Waals surface area contributed by atoms with Crippen LogP contribution in [0.25, 0.3) is 11.3 Å². The first-order chi connectivity index (χ1) is 14.8. The van der Waals surface area contributed by atoms with Crippen LogP contribution in [0, 0.1) is 10.1 Å². The number of hydrogen-bond donors (Lipinski definition) is 1. The van der Waals surface area contributed by atoms with Crippen LogP contribution in [0.4, 0.5) is 10.8 Å². The van der Waals surface area contributed by atoms with Crippen molar-refractivity contribution < 1.29 is 19.3 Å². The van der Waals surface area contributed by atoms with E-state index in [4.69, 9.17) is 23.2 Å². The smallest absolute Gasteiger partial charge is 0.282 e. The molecule has 1 aliphatic rings. The predicted octanol–water partition coefficient (Wildman–Crippen LogP) is 4.26. The van der Waals surface area contributed by atoms with E-state index >= 15 is 0 Å². The Morgan fingerprint density at radius 3 is 2.68 bits per heavy atom. The molecule has 0 aliphatic carbocycles. The summed E-state index contributed by atoms with van der Waals surface area (Å²) in [7, 11) is 0. The highest BCUT2D eigenvalue weighted by molar-refractivity contribution is 7.14. The third-order valence-electron chi connectivity index (χ3n) is 4.43. The maximum Gasteiger partial charge on any atom is 0.282 e. The van der Waals surface area contributed by atoms with Gasteiger partial charge in [0.15, 0.2) is 5.13 Å². The first kappa shape index (κ1) is 20.9. The molecule has 1 aromatic heterocycles. The van der Waals surface area contributed by atoms with Gasteiger partial charge >= 0.3 is 0 Å². The standard InChI is InChI=1S/C19H10Cl2N4O5S/c20-9-4-5-12(21)11(6-9)13-8-31-19(22-13)23-15(26)7-24-17(27)10-2-1-3-14(25(29)30)16(10)18(24)28/h1-6,8H,7H2,(H,22,23,26). The number of halogens is 2. The maximum absolute atomic E-state index is 12.6. The molecule has 3 aromatic rings. The molecule has 0 bridgehead atoms. The number of fused-ring (bicyclic) bond motifs is 1. The topological polar surface area (TPSA) is 123 Å². The van der Waals surface area contributed by atoms with Crippen molar-refractivity contribution in [1.82, 2.24) is 9.88 Å². The van der Waals surface area contributed by atoms with Crippen LogP contribution in [0.1, 0.15) is 20.7 Å². The molecule has 3 amide bonds. The second kappa shape index (κ2) is 8.06. The van der Waals surface area contributed by atoms with Crippen LogP contribution in [-0.4, -0.2) is 39.1 Å². The van der Waals surface area contributed by atoms with Gasteiger partial charge in [-0.1, -0.05) is 29.3 Å². The number of rotatable bonds is 5. The fourth-order valence-electron chi connectivity index (χ4n) is 3.06. The third-order valence-corrected chi connectivity index (χ3v) is 5.75. The highest BCUT2D eigenvalue weighted by atomic mass is 35.5. The summed E-state index contributed by atoms with van der Waals surface area (Å²) in [6, 6.07) is 8.64. The number of carbonyl (C=O) groups excluding carboxylic acids is 3. The van der Waals surface area contributed by atoms with Crippen molar-refractivity contribution in [3.05, 3.63) is 73.1 Å². The number of hydrogen-bond acceptors (Lipinski definition) is 7. The minimum absolute atomic E-state index is 0.112. The number of imide groups is 1. The van der Waals surface area contributed by atoms with Gasteiger partial charge in [-0.05, 0) is 24.3 Å². The van der Waals surface area contributed by atoms with Crippen LogP contribution in [0.2, 0.25) is 10.0 Å². The minimum Gasteiger partial charge on any atom is -0.300 e. The van der Waals surface area contributed by atoms with Crippen LogP contribution in [0.3, 0.4) is 0 Å². The average molecular weight is 477 g/mol. The summed E-state index contributed by atoms with van der Waals surface area (Å²) in [5.74, 6) is -2.35.